The molecule has 1 N–H and O–H groups in total. The van der Waals surface area contributed by atoms with Crippen LogP contribution < -0.4 is 28.0 Å². The maximum Gasteiger partial charge on any atom is 0.279 e. The summed E-state index contributed by atoms with van der Waals surface area (Å²) in [6, 6.07) is 19.8. The summed E-state index contributed by atoms with van der Waals surface area (Å²) >= 11 is 0. The second-order valence-electron chi connectivity index (χ2n) is 12.8. The van der Waals surface area contributed by atoms with Gasteiger partial charge in [-0.25, -0.2) is 25.9 Å². The lowest BCUT2D eigenvalue weighted by atomic mass is 10.0. The number of fused-ring (bicyclic) bond motifs is 1. The maximum absolute atomic E-state index is 14.0. The molecule has 52 heavy (non-hydrogen) atoms. The molecule has 0 aromatic heterocycles. The fourth-order valence-corrected chi connectivity index (χ4v) is 7.85. The van der Waals surface area contributed by atoms with Crippen molar-refractivity contribution in [2.24, 2.45) is 0 Å². The Hall–Kier alpha value is -5.08. The quantitative estimate of drug-likeness (QED) is 0.132. The van der Waals surface area contributed by atoms with Gasteiger partial charge in [0.15, 0.2) is 11.5 Å². The summed E-state index contributed by atoms with van der Waals surface area (Å²) in [7, 11) is -7.22. The van der Waals surface area contributed by atoms with Gasteiger partial charge in [0, 0.05) is 5.56 Å². The molecule has 2 amide bonds. The number of nitrogens with one attached hydrogen (secondary N) is 1. The molecule has 4 aromatic rings. The normalized spacial score (nSPS) is 13.2. The molecule has 1 aliphatic heterocycles. The summed E-state index contributed by atoms with van der Waals surface area (Å²) < 4.78 is 79.8. The summed E-state index contributed by atoms with van der Waals surface area (Å²) in [4.78, 5) is 26.2. The van der Waals surface area contributed by atoms with Gasteiger partial charge in [-0.05, 0) is 89.5 Å². The Morgan fingerprint density at radius 2 is 1.44 bits per heavy atom. The number of hydrogen-bond donors (Lipinski definition) is 1. The zero-order valence-electron chi connectivity index (χ0n) is 29.8. The minimum Gasteiger partial charge on any atom is -0.493 e. The van der Waals surface area contributed by atoms with Crippen molar-refractivity contribution in [2.75, 3.05) is 18.2 Å². The number of benzene rings is 4. The summed E-state index contributed by atoms with van der Waals surface area (Å²) in [5, 5.41) is 0. The molecular weight excluding hydrogens is 709 g/mol. The van der Waals surface area contributed by atoms with Crippen molar-refractivity contribution in [2.45, 2.75) is 75.2 Å². The van der Waals surface area contributed by atoms with Crippen molar-refractivity contribution in [1.82, 2.24) is 4.72 Å². The van der Waals surface area contributed by atoms with Crippen LogP contribution in [0.3, 0.4) is 0 Å². The second kappa shape index (κ2) is 15.7. The predicted molar refractivity (Wildman–Crippen MR) is 195 cm³/mol. The van der Waals surface area contributed by atoms with Gasteiger partial charge in [-0.1, -0.05) is 65.3 Å². The van der Waals surface area contributed by atoms with Crippen molar-refractivity contribution in [1.29, 1.82) is 0 Å². The number of nitrogens with zero attached hydrogens (tertiary/aromatic N) is 1. The van der Waals surface area contributed by atoms with Crippen LogP contribution in [0.2, 0.25) is 0 Å². The zero-order chi connectivity index (χ0) is 37.8. The van der Waals surface area contributed by atoms with Gasteiger partial charge in [0.1, 0.15) is 5.75 Å². The number of hydrogen-bond acceptors (Lipinski definition) is 10. The van der Waals surface area contributed by atoms with Gasteiger partial charge >= 0.3 is 0 Å². The van der Waals surface area contributed by atoms with Crippen molar-refractivity contribution in [3.63, 3.8) is 0 Å². The van der Waals surface area contributed by atoms with Crippen LogP contribution in [0.5, 0.6) is 23.0 Å². The molecule has 276 valence electrons. The lowest BCUT2D eigenvalue weighted by Crippen LogP contribution is -2.37. The molecule has 0 saturated carbocycles. The third-order valence-electron chi connectivity index (χ3n) is 8.58. The number of anilines is 1. The van der Waals surface area contributed by atoms with Crippen LogP contribution in [-0.2, 0) is 36.1 Å². The van der Waals surface area contributed by atoms with Crippen LogP contribution >= 0.6 is 0 Å². The van der Waals surface area contributed by atoms with E-state index in [1.165, 1.54) is 61.7 Å². The van der Waals surface area contributed by atoms with Crippen LogP contribution in [-0.4, -0.2) is 43.1 Å². The summed E-state index contributed by atoms with van der Waals surface area (Å²) in [5.41, 5.74) is 2.58. The molecule has 1 aliphatic rings. The topological polar surface area (TPSA) is 155 Å². The third kappa shape index (κ3) is 8.02. The Morgan fingerprint density at radius 1 is 0.827 bits per heavy atom. The van der Waals surface area contributed by atoms with Gasteiger partial charge in [-0.2, -0.15) is 0 Å². The Kier molecular flexibility index (Phi) is 11.5. The van der Waals surface area contributed by atoms with Crippen LogP contribution in [0.1, 0.15) is 81.2 Å². The molecule has 0 saturated heterocycles. The van der Waals surface area contributed by atoms with E-state index in [1.54, 1.807) is 24.3 Å². The molecule has 0 radical (unpaired) electrons. The molecule has 0 fully saturated rings. The molecule has 1 unspecified atom stereocenters. The first-order valence-corrected chi connectivity index (χ1v) is 19.7. The molecule has 1 heterocycles. The zero-order valence-corrected chi connectivity index (χ0v) is 31.4. The maximum atomic E-state index is 14.0. The fraction of sp³-hybridized carbons (Fsp3) is 0.316. The number of sulfonamides is 2. The lowest BCUT2D eigenvalue weighted by molar-refractivity contribution is -0.126. The van der Waals surface area contributed by atoms with E-state index in [4.69, 9.17) is 18.9 Å². The molecule has 5 rings (SSSR count). The van der Waals surface area contributed by atoms with E-state index in [1.807, 2.05) is 34.6 Å². The van der Waals surface area contributed by atoms with Crippen molar-refractivity contribution in [3.8, 4) is 23.0 Å². The number of methoxy groups -OCH3 is 1. The third-order valence-corrected chi connectivity index (χ3v) is 11.6. The summed E-state index contributed by atoms with van der Waals surface area (Å²) in [5.74, 6) is 0.310. The van der Waals surface area contributed by atoms with Gasteiger partial charge in [-0.15, -0.1) is 0 Å². The van der Waals surface area contributed by atoms with E-state index >= 15 is 0 Å². The minimum atomic E-state index is -4.35. The molecule has 1 atom stereocenters. The molecule has 4 aromatic carbocycles. The van der Waals surface area contributed by atoms with Crippen LogP contribution in [0, 0.1) is 0 Å². The first-order chi connectivity index (χ1) is 24.7. The van der Waals surface area contributed by atoms with Crippen molar-refractivity contribution in [3.05, 3.63) is 101 Å². The number of ether oxygens (including phenoxy) is 4. The highest BCUT2D eigenvalue weighted by atomic mass is 32.2. The standard InChI is InChI=1S/C38H42N2O10S2/c1-7-8-28-19-30(40(22-41)52(45,46)32-16-11-27(12-17-32)25(4)5)13-18-33(28)50-36(29-20-34(47-6)37-35(21-29)48-23-49-37)38(42)39-51(43,44)31-14-9-26(10-15-31)24(2)3/h9-22,24-25,36H,7-8,23H2,1-6H3,(H,39,42). The Labute approximate surface area is 304 Å². The first-order valence-electron chi connectivity index (χ1n) is 16.7. The number of rotatable bonds is 15. The average Bonchev–Trinajstić information content (AvgIpc) is 3.60. The number of carbonyl (C=O) groups is 2. The van der Waals surface area contributed by atoms with Gasteiger partial charge in [0.2, 0.25) is 25.1 Å². The van der Waals surface area contributed by atoms with E-state index in [2.05, 4.69) is 4.72 Å². The predicted octanol–water partition coefficient (Wildman–Crippen LogP) is 6.60. The highest BCUT2D eigenvalue weighted by molar-refractivity contribution is 7.93. The van der Waals surface area contributed by atoms with E-state index < -0.39 is 32.1 Å². The van der Waals surface area contributed by atoms with Gasteiger partial charge in [0.05, 0.1) is 22.6 Å². The molecule has 0 bridgehead atoms. The summed E-state index contributed by atoms with van der Waals surface area (Å²) in [6.45, 7) is 9.74. The molecule has 12 nitrogen and oxygen atoms in total. The van der Waals surface area contributed by atoms with Crippen molar-refractivity contribution < 1.29 is 45.4 Å². The average molecular weight is 751 g/mol. The molecule has 0 spiro atoms. The highest BCUT2D eigenvalue weighted by Gasteiger charge is 2.33. The van der Waals surface area contributed by atoms with Gasteiger partial charge in [0.25, 0.3) is 26.0 Å². The van der Waals surface area contributed by atoms with Crippen LogP contribution in [0.4, 0.5) is 5.69 Å². The first kappa shape index (κ1) is 38.2. The van der Waals surface area contributed by atoms with E-state index in [0.29, 0.717) is 28.5 Å². The summed E-state index contributed by atoms with van der Waals surface area (Å²) in [6.07, 6.45) is -0.400. The van der Waals surface area contributed by atoms with Gasteiger partial charge < -0.3 is 18.9 Å². The molecule has 14 heteroatoms. The van der Waals surface area contributed by atoms with Crippen LogP contribution in [0.25, 0.3) is 0 Å². The minimum absolute atomic E-state index is 0.0527. The molecule has 0 aliphatic carbocycles. The monoisotopic (exact) mass is 750 g/mol. The van der Waals surface area contributed by atoms with E-state index in [-0.39, 0.29) is 63.3 Å². The van der Waals surface area contributed by atoms with Gasteiger partial charge in [-0.3, -0.25) is 9.59 Å². The largest absolute Gasteiger partial charge is 0.493 e. The van der Waals surface area contributed by atoms with Crippen LogP contribution in [0.15, 0.2) is 88.7 Å². The second-order valence-corrected chi connectivity index (χ2v) is 16.3. The number of carbonyl (C=O) groups excluding carboxylic acids is 2. The fourth-order valence-electron chi connectivity index (χ4n) is 5.66. The molecular formula is C38H42N2O10S2. The smallest absolute Gasteiger partial charge is 0.279 e. The number of aryl methyl sites for hydroxylation is 1. The van der Waals surface area contributed by atoms with E-state index in [9.17, 15) is 26.4 Å². The van der Waals surface area contributed by atoms with Crippen molar-refractivity contribution >= 4 is 38.1 Å². The Bertz CT molecular complexity index is 2150. The Balaban J connectivity index is 1.53. The highest BCUT2D eigenvalue weighted by Crippen LogP contribution is 2.44. The SMILES string of the molecule is CCCc1cc(N(C=O)S(=O)(=O)c2ccc(C(C)C)cc2)ccc1OC(C(=O)NS(=O)(=O)c1ccc(C(C)C)cc1)c1cc(OC)c2c(c1)OCO2. The number of amides is 2. The Morgan fingerprint density at radius 3 is 2.00 bits per heavy atom. The van der Waals surface area contributed by atoms with E-state index in [0.717, 1.165) is 11.1 Å². The lowest BCUT2D eigenvalue weighted by Gasteiger charge is -2.24.